The van der Waals surface area contributed by atoms with E-state index in [0.717, 1.165) is 0 Å². The van der Waals surface area contributed by atoms with Gasteiger partial charge in [0.15, 0.2) is 0 Å². The lowest BCUT2D eigenvalue weighted by Gasteiger charge is -2.21. The number of nitrogens with one attached hydrogen (secondary N) is 1. The summed E-state index contributed by atoms with van der Waals surface area (Å²) >= 11 is 0. The zero-order chi connectivity index (χ0) is 14.4. The smallest absolute Gasteiger partial charge is 0.351 e. The lowest BCUT2D eigenvalue weighted by Crippen LogP contribution is -2.41. The molecule has 0 bridgehead atoms. The summed E-state index contributed by atoms with van der Waals surface area (Å²) in [5, 5.41) is 28.5. The SMILES string of the molecule is O=C(O)CN=C/C=C1\C=C(C(=O)O)N[C@H](C(=O)O)C1. The molecule has 19 heavy (non-hydrogen) atoms. The number of aliphatic carboxylic acids is 3. The van der Waals surface area contributed by atoms with Gasteiger partial charge >= 0.3 is 17.9 Å². The Kier molecular flexibility index (Phi) is 4.81. The maximum atomic E-state index is 10.9. The molecule has 8 nitrogen and oxygen atoms in total. The molecule has 1 aliphatic heterocycles. The summed E-state index contributed by atoms with van der Waals surface area (Å²) in [7, 11) is 0. The van der Waals surface area contributed by atoms with E-state index in [2.05, 4.69) is 10.3 Å². The van der Waals surface area contributed by atoms with E-state index in [1.165, 1.54) is 18.4 Å². The average Bonchev–Trinajstić information content (AvgIpc) is 2.34. The van der Waals surface area contributed by atoms with Crippen molar-refractivity contribution in [2.75, 3.05) is 6.54 Å². The summed E-state index contributed by atoms with van der Waals surface area (Å²) in [6.07, 6.45) is 3.98. The molecule has 1 rings (SSSR count). The van der Waals surface area contributed by atoms with E-state index in [1.807, 2.05) is 0 Å². The number of carboxylic acids is 3. The van der Waals surface area contributed by atoms with Crippen LogP contribution in [-0.4, -0.2) is 52.0 Å². The summed E-state index contributed by atoms with van der Waals surface area (Å²) in [4.78, 5) is 35.5. The van der Waals surface area contributed by atoms with E-state index in [9.17, 15) is 14.4 Å². The van der Waals surface area contributed by atoms with E-state index >= 15 is 0 Å². The van der Waals surface area contributed by atoms with Gasteiger partial charge in [0.2, 0.25) is 0 Å². The largest absolute Gasteiger partial charge is 0.480 e. The van der Waals surface area contributed by atoms with Crippen LogP contribution in [-0.2, 0) is 14.4 Å². The molecule has 4 N–H and O–H groups in total. The highest BCUT2D eigenvalue weighted by atomic mass is 16.4. The fraction of sp³-hybridized carbons (Fsp3) is 0.273. The van der Waals surface area contributed by atoms with Gasteiger partial charge in [-0.3, -0.25) is 9.79 Å². The summed E-state index contributed by atoms with van der Waals surface area (Å²) in [6, 6.07) is -1.03. The summed E-state index contributed by atoms with van der Waals surface area (Å²) in [5.41, 5.74) is 0.217. The number of carbonyl (C=O) groups is 3. The van der Waals surface area contributed by atoms with Crippen LogP contribution >= 0.6 is 0 Å². The van der Waals surface area contributed by atoms with Crippen molar-refractivity contribution in [3.8, 4) is 0 Å². The molecule has 0 aromatic carbocycles. The molecule has 0 saturated carbocycles. The molecule has 0 aromatic heterocycles. The highest BCUT2D eigenvalue weighted by molar-refractivity contribution is 5.89. The molecular formula is C11H12N2O6. The predicted octanol–water partition coefficient (Wildman–Crippen LogP) is -0.517. The predicted molar refractivity (Wildman–Crippen MR) is 64.0 cm³/mol. The Morgan fingerprint density at radius 2 is 2.05 bits per heavy atom. The molecule has 0 radical (unpaired) electrons. The number of hydrogen-bond acceptors (Lipinski definition) is 5. The third kappa shape index (κ3) is 4.62. The van der Waals surface area contributed by atoms with Crippen molar-refractivity contribution in [3.63, 3.8) is 0 Å². The second kappa shape index (κ2) is 6.34. The molecule has 0 aromatic rings. The van der Waals surface area contributed by atoms with Crippen LogP contribution in [0.5, 0.6) is 0 Å². The topological polar surface area (TPSA) is 136 Å². The molecule has 0 amide bonds. The van der Waals surface area contributed by atoms with Crippen LogP contribution < -0.4 is 5.32 Å². The van der Waals surface area contributed by atoms with Crippen molar-refractivity contribution in [2.45, 2.75) is 12.5 Å². The Morgan fingerprint density at radius 3 is 2.58 bits per heavy atom. The van der Waals surface area contributed by atoms with Crippen LogP contribution in [0.2, 0.25) is 0 Å². The van der Waals surface area contributed by atoms with Crippen molar-refractivity contribution < 1.29 is 29.7 Å². The van der Waals surface area contributed by atoms with Crippen LogP contribution in [0, 0.1) is 0 Å². The maximum Gasteiger partial charge on any atom is 0.351 e. The van der Waals surface area contributed by atoms with E-state index in [0.29, 0.717) is 5.57 Å². The number of hydrogen-bond donors (Lipinski definition) is 4. The molecule has 0 aliphatic carbocycles. The molecule has 0 spiro atoms. The standard InChI is InChI=1S/C11H12N2O6/c14-9(15)5-12-2-1-6-3-7(10(16)17)13-8(4-6)11(18)19/h1-3,8,13H,4-5H2,(H,14,15)(H,16,17)(H,18,19)/b6-1+,12-2?/t8-/m0/s1. The quantitative estimate of drug-likeness (QED) is 0.492. The minimum absolute atomic E-state index is 0.0885. The fourth-order valence-electron chi connectivity index (χ4n) is 1.43. The summed E-state index contributed by atoms with van der Waals surface area (Å²) in [6.45, 7) is -0.403. The van der Waals surface area contributed by atoms with Crippen LogP contribution in [0.1, 0.15) is 6.42 Å². The molecule has 0 fully saturated rings. The zero-order valence-electron chi connectivity index (χ0n) is 9.74. The van der Waals surface area contributed by atoms with E-state index in [-0.39, 0.29) is 12.1 Å². The zero-order valence-corrected chi connectivity index (χ0v) is 9.74. The highest BCUT2D eigenvalue weighted by Gasteiger charge is 2.26. The third-order valence-corrected chi connectivity index (χ3v) is 2.25. The van der Waals surface area contributed by atoms with Gasteiger partial charge in [0.1, 0.15) is 18.3 Å². The van der Waals surface area contributed by atoms with E-state index in [1.54, 1.807) is 0 Å². The molecule has 1 heterocycles. The lowest BCUT2D eigenvalue weighted by atomic mass is 10.00. The molecule has 0 unspecified atom stereocenters. The normalized spacial score (nSPS) is 20.9. The average molecular weight is 268 g/mol. The van der Waals surface area contributed by atoms with Gasteiger partial charge in [0.25, 0.3) is 0 Å². The van der Waals surface area contributed by atoms with Gasteiger partial charge in [-0.05, 0) is 17.7 Å². The third-order valence-electron chi connectivity index (χ3n) is 2.25. The second-order valence-electron chi connectivity index (χ2n) is 3.73. The number of rotatable bonds is 5. The Balaban J connectivity index is 2.86. The minimum Gasteiger partial charge on any atom is -0.480 e. The number of allylic oxidation sites excluding steroid dienone is 2. The number of nitrogens with zero attached hydrogens (tertiary/aromatic N) is 1. The molecule has 1 atom stereocenters. The van der Waals surface area contributed by atoms with E-state index in [4.69, 9.17) is 15.3 Å². The Labute approximate surface area is 107 Å². The first kappa shape index (κ1) is 14.4. The Morgan fingerprint density at radius 1 is 1.37 bits per heavy atom. The van der Waals surface area contributed by atoms with Crippen molar-refractivity contribution in [2.24, 2.45) is 4.99 Å². The highest BCUT2D eigenvalue weighted by Crippen LogP contribution is 2.16. The van der Waals surface area contributed by atoms with Gasteiger partial charge in [0, 0.05) is 12.6 Å². The van der Waals surface area contributed by atoms with Crippen LogP contribution in [0.25, 0.3) is 0 Å². The monoisotopic (exact) mass is 268 g/mol. The van der Waals surface area contributed by atoms with Gasteiger partial charge in [-0.1, -0.05) is 0 Å². The number of aliphatic imine (C=N–C) groups is 1. The van der Waals surface area contributed by atoms with Gasteiger partial charge in [-0.2, -0.15) is 0 Å². The first-order chi connectivity index (χ1) is 8.90. The number of carboxylic acid groups (broad SMARTS) is 3. The maximum absolute atomic E-state index is 10.9. The van der Waals surface area contributed by atoms with Gasteiger partial charge in [-0.25, -0.2) is 9.59 Å². The van der Waals surface area contributed by atoms with Crippen molar-refractivity contribution in [1.82, 2.24) is 5.32 Å². The Hall–Kier alpha value is -2.64. The first-order valence-corrected chi connectivity index (χ1v) is 5.25. The second-order valence-corrected chi connectivity index (χ2v) is 3.73. The molecule has 0 saturated heterocycles. The van der Waals surface area contributed by atoms with Gasteiger partial charge in [0.05, 0.1) is 0 Å². The molecular weight excluding hydrogens is 256 g/mol. The lowest BCUT2D eigenvalue weighted by molar-refractivity contribution is -0.139. The molecule has 1 aliphatic rings. The molecule has 8 heteroatoms. The summed E-state index contributed by atoms with van der Waals surface area (Å²) in [5.74, 6) is -3.52. The summed E-state index contributed by atoms with van der Waals surface area (Å²) < 4.78 is 0. The van der Waals surface area contributed by atoms with Gasteiger partial charge in [-0.15, -0.1) is 0 Å². The molecule has 102 valence electrons. The van der Waals surface area contributed by atoms with E-state index < -0.39 is 30.5 Å². The van der Waals surface area contributed by atoms with Crippen LogP contribution in [0.3, 0.4) is 0 Å². The van der Waals surface area contributed by atoms with Gasteiger partial charge < -0.3 is 20.6 Å². The van der Waals surface area contributed by atoms with Crippen molar-refractivity contribution in [3.05, 3.63) is 23.4 Å². The van der Waals surface area contributed by atoms with Crippen LogP contribution in [0.15, 0.2) is 28.4 Å². The van der Waals surface area contributed by atoms with Crippen molar-refractivity contribution >= 4 is 24.1 Å². The fourth-order valence-corrected chi connectivity index (χ4v) is 1.43. The first-order valence-electron chi connectivity index (χ1n) is 5.25. The van der Waals surface area contributed by atoms with Crippen LogP contribution in [0.4, 0.5) is 0 Å². The van der Waals surface area contributed by atoms with Crippen molar-refractivity contribution in [1.29, 1.82) is 0 Å². The minimum atomic E-state index is -1.26. The Bertz CT molecular complexity index is 491.